The van der Waals surface area contributed by atoms with Crippen LogP contribution < -0.4 is 0 Å². The van der Waals surface area contributed by atoms with Gasteiger partial charge in [-0.25, -0.2) is 4.98 Å². The third-order valence-corrected chi connectivity index (χ3v) is 3.76. The van der Waals surface area contributed by atoms with Crippen LogP contribution in [0.5, 0.6) is 0 Å². The fourth-order valence-corrected chi connectivity index (χ4v) is 2.45. The smallest absolute Gasteiger partial charge is 0.125 e. The Labute approximate surface area is 123 Å². The second-order valence-corrected chi connectivity index (χ2v) is 5.08. The van der Waals surface area contributed by atoms with Crippen molar-refractivity contribution in [2.45, 2.75) is 12.4 Å². The average molecular weight is 317 g/mol. The van der Waals surface area contributed by atoms with Crippen molar-refractivity contribution in [2.24, 2.45) is 0 Å². The molecule has 19 heavy (non-hydrogen) atoms. The number of hydrogen-bond acceptors (Lipinski definition) is 3. The second kappa shape index (κ2) is 5.04. The lowest BCUT2D eigenvalue weighted by Gasteiger charge is -2.05. The topological polar surface area (TPSA) is 43.9 Å². The number of fused-ring (bicyclic) bond motifs is 1. The molecule has 0 atom stereocenters. The third kappa shape index (κ3) is 2.31. The molecule has 0 saturated carbocycles. The molecule has 0 fully saturated rings. The Balaban J connectivity index is 2.17. The number of benzene rings is 1. The van der Waals surface area contributed by atoms with Crippen LogP contribution >= 0.6 is 34.8 Å². The predicted octanol–water partition coefficient (Wildman–Crippen LogP) is 4.12. The highest BCUT2D eigenvalue weighted by molar-refractivity contribution is 6.42. The quantitative estimate of drug-likeness (QED) is 0.683. The van der Waals surface area contributed by atoms with E-state index in [1.807, 2.05) is 4.57 Å². The zero-order valence-electron chi connectivity index (χ0n) is 9.61. The van der Waals surface area contributed by atoms with E-state index in [1.54, 1.807) is 18.2 Å². The molecule has 4 nitrogen and oxygen atoms in total. The Morgan fingerprint density at radius 3 is 2.68 bits per heavy atom. The van der Waals surface area contributed by atoms with Crippen molar-refractivity contribution in [3.63, 3.8) is 0 Å². The molecule has 3 aromatic rings. The van der Waals surface area contributed by atoms with Crippen LogP contribution in [0.1, 0.15) is 11.5 Å². The van der Waals surface area contributed by atoms with Crippen LogP contribution in [0.2, 0.25) is 10.0 Å². The van der Waals surface area contributed by atoms with Crippen molar-refractivity contribution in [1.82, 2.24) is 14.7 Å². The molecule has 0 spiro atoms. The maximum absolute atomic E-state index is 6.05. The van der Waals surface area contributed by atoms with Gasteiger partial charge < -0.3 is 9.09 Å². The SMILES string of the molecule is ClCc1nc2cc(Cl)c(Cl)cc2n1Cc1ccon1. The summed E-state index contributed by atoms with van der Waals surface area (Å²) < 4.78 is 6.77. The summed E-state index contributed by atoms with van der Waals surface area (Å²) in [6, 6.07) is 5.30. The summed E-state index contributed by atoms with van der Waals surface area (Å²) in [5.74, 6) is 1.03. The Hall–Kier alpha value is -1.23. The molecule has 0 amide bonds. The lowest BCUT2D eigenvalue weighted by atomic mass is 10.3. The Kier molecular flexibility index (Phi) is 3.39. The first-order valence-electron chi connectivity index (χ1n) is 5.48. The van der Waals surface area contributed by atoms with Gasteiger partial charge in [-0.2, -0.15) is 0 Å². The molecular formula is C12H8Cl3N3O. The minimum absolute atomic E-state index is 0.293. The van der Waals surface area contributed by atoms with Crippen molar-refractivity contribution < 1.29 is 4.52 Å². The van der Waals surface area contributed by atoms with Crippen LogP contribution in [0.3, 0.4) is 0 Å². The van der Waals surface area contributed by atoms with Gasteiger partial charge in [0.05, 0.1) is 33.5 Å². The summed E-state index contributed by atoms with van der Waals surface area (Å²) in [5.41, 5.74) is 2.42. The normalized spacial score (nSPS) is 11.3. The fourth-order valence-electron chi connectivity index (χ4n) is 1.93. The number of halogens is 3. The van der Waals surface area contributed by atoms with E-state index >= 15 is 0 Å². The van der Waals surface area contributed by atoms with Crippen LogP contribution in [0.25, 0.3) is 11.0 Å². The van der Waals surface area contributed by atoms with E-state index in [2.05, 4.69) is 10.1 Å². The molecular weight excluding hydrogens is 309 g/mol. The lowest BCUT2D eigenvalue weighted by Crippen LogP contribution is -2.04. The average Bonchev–Trinajstić information content (AvgIpc) is 3.00. The van der Waals surface area contributed by atoms with Crippen LogP contribution in [0, 0.1) is 0 Å². The van der Waals surface area contributed by atoms with E-state index < -0.39 is 0 Å². The van der Waals surface area contributed by atoms with Gasteiger partial charge in [0.15, 0.2) is 0 Å². The van der Waals surface area contributed by atoms with Gasteiger partial charge in [-0.3, -0.25) is 0 Å². The fraction of sp³-hybridized carbons (Fsp3) is 0.167. The van der Waals surface area contributed by atoms with Crippen LogP contribution in [0.15, 0.2) is 29.0 Å². The first-order valence-corrected chi connectivity index (χ1v) is 6.77. The van der Waals surface area contributed by atoms with Gasteiger partial charge in [-0.05, 0) is 12.1 Å². The number of hydrogen-bond donors (Lipinski definition) is 0. The van der Waals surface area contributed by atoms with Crippen molar-refractivity contribution in [3.8, 4) is 0 Å². The zero-order valence-corrected chi connectivity index (χ0v) is 11.9. The summed E-state index contributed by atoms with van der Waals surface area (Å²) in [6.07, 6.45) is 1.53. The molecule has 0 saturated heterocycles. The first kappa shape index (κ1) is 12.8. The Morgan fingerprint density at radius 1 is 1.21 bits per heavy atom. The standard InChI is InChI=1S/C12H8Cl3N3O/c13-5-12-16-10-3-8(14)9(15)4-11(10)18(12)6-7-1-2-19-17-7/h1-4H,5-6H2. The van der Waals surface area contributed by atoms with Gasteiger partial charge in [0.2, 0.25) is 0 Å². The van der Waals surface area contributed by atoms with E-state index in [9.17, 15) is 0 Å². The van der Waals surface area contributed by atoms with E-state index in [-0.39, 0.29) is 0 Å². The molecule has 2 heterocycles. The van der Waals surface area contributed by atoms with Gasteiger partial charge in [0.25, 0.3) is 0 Å². The Morgan fingerprint density at radius 2 is 2.00 bits per heavy atom. The van der Waals surface area contributed by atoms with E-state index in [0.717, 1.165) is 22.6 Å². The van der Waals surface area contributed by atoms with Crippen molar-refractivity contribution >= 4 is 45.8 Å². The van der Waals surface area contributed by atoms with Crippen LogP contribution in [0.4, 0.5) is 0 Å². The highest BCUT2D eigenvalue weighted by atomic mass is 35.5. The number of aromatic nitrogens is 3. The van der Waals surface area contributed by atoms with Crippen LogP contribution in [-0.4, -0.2) is 14.7 Å². The molecule has 3 rings (SSSR count). The molecule has 1 aromatic carbocycles. The van der Waals surface area contributed by atoms with Crippen molar-refractivity contribution in [2.75, 3.05) is 0 Å². The van der Waals surface area contributed by atoms with Gasteiger partial charge in [-0.15, -0.1) is 11.6 Å². The van der Waals surface area contributed by atoms with Gasteiger partial charge in [0.1, 0.15) is 17.8 Å². The largest absolute Gasteiger partial charge is 0.364 e. The molecule has 0 aliphatic rings. The summed E-state index contributed by atoms with van der Waals surface area (Å²) >= 11 is 18.0. The van der Waals surface area contributed by atoms with Gasteiger partial charge in [0, 0.05) is 6.07 Å². The molecule has 0 unspecified atom stereocenters. The molecule has 0 radical (unpaired) electrons. The number of rotatable bonds is 3. The summed E-state index contributed by atoms with van der Waals surface area (Å²) in [6.45, 7) is 0.521. The molecule has 0 aliphatic carbocycles. The minimum atomic E-state index is 0.293. The molecule has 7 heteroatoms. The van der Waals surface area contributed by atoms with Gasteiger partial charge in [-0.1, -0.05) is 28.4 Å². The molecule has 98 valence electrons. The summed E-state index contributed by atoms with van der Waals surface area (Å²) in [4.78, 5) is 4.44. The summed E-state index contributed by atoms with van der Waals surface area (Å²) in [7, 11) is 0. The maximum atomic E-state index is 6.05. The van der Waals surface area contributed by atoms with Gasteiger partial charge >= 0.3 is 0 Å². The monoisotopic (exact) mass is 315 g/mol. The minimum Gasteiger partial charge on any atom is -0.364 e. The van der Waals surface area contributed by atoms with Crippen molar-refractivity contribution in [3.05, 3.63) is 46.0 Å². The van der Waals surface area contributed by atoms with Crippen LogP contribution in [-0.2, 0) is 12.4 Å². The highest BCUT2D eigenvalue weighted by Gasteiger charge is 2.13. The number of alkyl halides is 1. The molecule has 0 N–H and O–H groups in total. The summed E-state index contributed by atoms with van der Waals surface area (Å²) in [5, 5.41) is 4.84. The molecule has 0 bridgehead atoms. The van der Waals surface area contributed by atoms with E-state index in [0.29, 0.717) is 22.5 Å². The number of nitrogens with zero attached hydrogens (tertiary/aromatic N) is 3. The Bertz CT molecular complexity index is 721. The van der Waals surface area contributed by atoms with E-state index in [1.165, 1.54) is 6.26 Å². The van der Waals surface area contributed by atoms with E-state index in [4.69, 9.17) is 39.3 Å². The van der Waals surface area contributed by atoms with Crippen molar-refractivity contribution in [1.29, 1.82) is 0 Å². The second-order valence-electron chi connectivity index (χ2n) is 3.99. The molecule has 0 aliphatic heterocycles. The number of imidazole rings is 1. The lowest BCUT2D eigenvalue weighted by molar-refractivity contribution is 0.409. The third-order valence-electron chi connectivity index (χ3n) is 2.80. The zero-order chi connectivity index (χ0) is 13.4. The highest BCUT2D eigenvalue weighted by Crippen LogP contribution is 2.29. The first-order chi connectivity index (χ1) is 9.19. The maximum Gasteiger partial charge on any atom is 0.125 e. The predicted molar refractivity (Wildman–Crippen MR) is 74.9 cm³/mol. The molecule has 2 aromatic heterocycles.